The summed E-state index contributed by atoms with van der Waals surface area (Å²) in [5.41, 5.74) is 0. The first kappa shape index (κ1) is 23.8. The number of unbranched alkanes of at least 4 members (excludes halogenated alkanes) is 11. The van der Waals surface area contributed by atoms with E-state index in [0.717, 1.165) is 19.3 Å². The standard InChI is InChI=1S/C24H42N2O3/c1-2-3-4-5-6-7-8-9-10-11-12-13-14-15-16-17-23(27)26-19-18-22-21(20-26)24(28)25-29-22/h9-10,21-22H,2-8,11-20H2,1H3,(H,25,28)/b10-9+. The molecule has 2 rings (SSSR count). The lowest BCUT2D eigenvalue weighted by molar-refractivity contribution is -0.134. The molecule has 1 amide bonds. The molecule has 0 aromatic heterocycles. The third kappa shape index (κ3) is 9.22. The Kier molecular flexibility index (Phi) is 11.8. The lowest BCUT2D eigenvalue weighted by atomic mass is 9.95. The van der Waals surface area contributed by atoms with Crippen LogP contribution in [0.25, 0.3) is 0 Å². The quantitative estimate of drug-likeness (QED) is 0.262. The summed E-state index contributed by atoms with van der Waals surface area (Å²) in [7, 11) is 0. The van der Waals surface area contributed by atoms with Crippen molar-refractivity contribution >= 4 is 11.8 Å². The maximum absolute atomic E-state index is 12.4. The number of hydrogen-bond donors (Lipinski definition) is 1. The lowest BCUT2D eigenvalue weighted by Crippen LogP contribution is -2.47. The van der Waals surface area contributed by atoms with Crippen LogP contribution >= 0.6 is 0 Å². The molecule has 0 aliphatic carbocycles. The summed E-state index contributed by atoms with van der Waals surface area (Å²) in [6.07, 6.45) is 22.5. The van der Waals surface area contributed by atoms with Crippen molar-refractivity contribution in [1.29, 1.82) is 0 Å². The molecule has 5 nitrogen and oxygen atoms in total. The predicted octanol–water partition coefficient (Wildman–Crippen LogP) is 6.14. The number of oxime groups is 1. The van der Waals surface area contributed by atoms with E-state index in [0.29, 0.717) is 19.5 Å². The Morgan fingerprint density at radius 2 is 1.66 bits per heavy atom. The molecule has 2 heterocycles. The number of nitrogens with zero attached hydrogens (tertiary/aromatic N) is 2. The van der Waals surface area contributed by atoms with Gasteiger partial charge in [0.1, 0.15) is 6.10 Å². The fraction of sp³-hybridized carbons (Fsp3) is 0.833. The first-order valence-corrected chi connectivity index (χ1v) is 12.1. The molecule has 0 aromatic rings. The number of fused-ring (bicyclic) bond motifs is 1. The Balaban J connectivity index is 1.38. The molecule has 0 aromatic carbocycles. The number of rotatable bonds is 15. The third-order valence-corrected chi connectivity index (χ3v) is 6.17. The molecule has 2 unspecified atom stereocenters. The molecule has 29 heavy (non-hydrogen) atoms. The first-order chi connectivity index (χ1) is 14.2. The van der Waals surface area contributed by atoms with Gasteiger partial charge in [0.15, 0.2) is 0 Å². The number of likely N-dealkylation sites (tertiary alicyclic amines) is 1. The second-order valence-electron chi connectivity index (χ2n) is 8.66. The van der Waals surface area contributed by atoms with Crippen LogP contribution in [0.5, 0.6) is 0 Å². The monoisotopic (exact) mass is 406 g/mol. The number of carbonyl (C=O) groups excluding carboxylic acids is 1. The van der Waals surface area contributed by atoms with Crippen molar-refractivity contribution in [2.24, 2.45) is 11.1 Å². The van der Waals surface area contributed by atoms with E-state index in [9.17, 15) is 9.90 Å². The van der Waals surface area contributed by atoms with Crippen LogP contribution in [0.4, 0.5) is 0 Å². The molecular weight excluding hydrogens is 364 g/mol. The summed E-state index contributed by atoms with van der Waals surface area (Å²) in [6, 6.07) is 0. The topological polar surface area (TPSA) is 62.1 Å². The van der Waals surface area contributed by atoms with Crippen molar-refractivity contribution in [3.63, 3.8) is 0 Å². The van der Waals surface area contributed by atoms with E-state index in [4.69, 9.17) is 4.84 Å². The first-order valence-electron chi connectivity index (χ1n) is 12.1. The van der Waals surface area contributed by atoms with Crippen molar-refractivity contribution in [2.45, 2.75) is 109 Å². The number of hydrogen-bond acceptors (Lipinski definition) is 3. The highest BCUT2D eigenvalue weighted by Gasteiger charge is 2.40. The minimum atomic E-state index is -0.123. The van der Waals surface area contributed by atoms with Gasteiger partial charge in [-0.1, -0.05) is 75.6 Å². The minimum absolute atomic E-state index is 0.0427. The maximum atomic E-state index is 12.4. The van der Waals surface area contributed by atoms with Crippen LogP contribution in [0.2, 0.25) is 0 Å². The van der Waals surface area contributed by atoms with Gasteiger partial charge < -0.3 is 14.8 Å². The molecule has 0 saturated carbocycles. The molecule has 1 saturated heterocycles. The summed E-state index contributed by atoms with van der Waals surface area (Å²) in [4.78, 5) is 19.4. The molecule has 0 spiro atoms. The smallest absolute Gasteiger partial charge is 0.232 e. The van der Waals surface area contributed by atoms with Gasteiger partial charge in [-0.3, -0.25) is 4.79 Å². The highest BCUT2D eigenvalue weighted by molar-refractivity contribution is 5.81. The molecule has 2 atom stereocenters. The second kappa shape index (κ2) is 14.5. The Hall–Kier alpha value is -1.52. The molecule has 5 heteroatoms. The number of aliphatic hydroxyl groups excluding tert-OH is 1. The summed E-state index contributed by atoms with van der Waals surface area (Å²) < 4.78 is 0. The third-order valence-electron chi connectivity index (χ3n) is 6.17. The molecule has 2 aliphatic heterocycles. The van der Waals surface area contributed by atoms with E-state index < -0.39 is 0 Å². The van der Waals surface area contributed by atoms with E-state index in [1.807, 2.05) is 4.90 Å². The van der Waals surface area contributed by atoms with Gasteiger partial charge in [-0.15, -0.1) is 0 Å². The molecule has 1 fully saturated rings. The second-order valence-corrected chi connectivity index (χ2v) is 8.66. The van der Waals surface area contributed by atoms with Crippen LogP contribution in [0.3, 0.4) is 0 Å². The van der Waals surface area contributed by atoms with Crippen molar-refractivity contribution < 1.29 is 14.7 Å². The van der Waals surface area contributed by atoms with Crippen LogP contribution in [0.1, 0.15) is 103 Å². The van der Waals surface area contributed by atoms with Crippen molar-refractivity contribution in [3.05, 3.63) is 12.2 Å². The molecule has 166 valence electrons. The average molecular weight is 407 g/mol. The Morgan fingerprint density at radius 1 is 1.03 bits per heavy atom. The molecule has 1 N–H and O–H groups in total. The maximum Gasteiger partial charge on any atom is 0.232 e. The van der Waals surface area contributed by atoms with E-state index >= 15 is 0 Å². The van der Waals surface area contributed by atoms with Crippen molar-refractivity contribution in [2.75, 3.05) is 13.1 Å². The lowest BCUT2D eigenvalue weighted by Gasteiger charge is -2.32. The number of piperidine rings is 1. The van der Waals surface area contributed by atoms with Crippen LogP contribution in [0, 0.1) is 5.92 Å². The van der Waals surface area contributed by atoms with Crippen molar-refractivity contribution in [3.8, 4) is 0 Å². The largest absolute Gasteiger partial charge is 0.494 e. The number of allylic oxidation sites excluding steroid dienone is 2. The molecule has 2 aliphatic rings. The SMILES string of the molecule is CCCCCCCC/C=C/CCCCCCCC(=O)N1CCC2ON=C(O)C2C1. The van der Waals surface area contributed by atoms with E-state index in [1.165, 1.54) is 70.6 Å². The summed E-state index contributed by atoms with van der Waals surface area (Å²) in [5, 5.41) is 13.4. The van der Waals surface area contributed by atoms with Gasteiger partial charge in [-0.05, 0) is 32.1 Å². The van der Waals surface area contributed by atoms with E-state index in [2.05, 4.69) is 24.2 Å². The normalized spacial score (nSPS) is 21.3. The molecule has 0 bridgehead atoms. The van der Waals surface area contributed by atoms with Gasteiger partial charge in [-0.25, -0.2) is 0 Å². The minimum Gasteiger partial charge on any atom is -0.494 e. The van der Waals surface area contributed by atoms with Crippen molar-refractivity contribution in [1.82, 2.24) is 4.90 Å². The van der Waals surface area contributed by atoms with Gasteiger partial charge in [0.25, 0.3) is 0 Å². The Bertz CT molecular complexity index is 518. The molecular formula is C24H42N2O3. The number of aliphatic hydroxyl groups is 1. The van der Waals surface area contributed by atoms with Gasteiger partial charge >= 0.3 is 0 Å². The van der Waals surface area contributed by atoms with Crippen LogP contribution in [-0.2, 0) is 9.63 Å². The Labute approximate surface area is 177 Å². The fourth-order valence-corrected chi connectivity index (χ4v) is 4.23. The molecule has 0 radical (unpaired) electrons. The number of carbonyl (C=O) groups is 1. The predicted molar refractivity (Wildman–Crippen MR) is 119 cm³/mol. The van der Waals surface area contributed by atoms with Gasteiger partial charge in [0, 0.05) is 25.9 Å². The Morgan fingerprint density at radius 3 is 2.34 bits per heavy atom. The number of amides is 1. The van der Waals surface area contributed by atoms with Crippen LogP contribution in [0.15, 0.2) is 17.3 Å². The van der Waals surface area contributed by atoms with Gasteiger partial charge in [-0.2, -0.15) is 0 Å². The average Bonchev–Trinajstić information content (AvgIpc) is 3.11. The zero-order valence-electron chi connectivity index (χ0n) is 18.5. The zero-order chi connectivity index (χ0) is 20.7. The van der Waals surface area contributed by atoms with Crippen LogP contribution < -0.4 is 0 Å². The summed E-state index contributed by atoms with van der Waals surface area (Å²) in [5.74, 6) is 0.135. The van der Waals surface area contributed by atoms with Crippen LogP contribution in [-0.4, -0.2) is 41.0 Å². The highest BCUT2D eigenvalue weighted by atomic mass is 16.7. The van der Waals surface area contributed by atoms with Gasteiger partial charge in [0.2, 0.25) is 11.8 Å². The fourth-order valence-electron chi connectivity index (χ4n) is 4.23. The zero-order valence-corrected chi connectivity index (χ0v) is 18.5. The van der Waals surface area contributed by atoms with E-state index in [-0.39, 0.29) is 23.8 Å². The highest BCUT2D eigenvalue weighted by Crippen LogP contribution is 2.26. The summed E-state index contributed by atoms with van der Waals surface area (Å²) >= 11 is 0. The summed E-state index contributed by atoms with van der Waals surface area (Å²) in [6.45, 7) is 3.53. The van der Waals surface area contributed by atoms with E-state index in [1.54, 1.807) is 0 Å². The van der Waals surface area contributed by atoms with Gasteiger partial charge in [0.05, 0.1) is 5.92 Å².